The highest BCUT2D eigenvalue weighted by Gasteiger charge is 2.71. The number of hydrogen-bond donors (Lipinski definition) is 0. The molecule has 0 amide bonds. The fourth-order valence-electron chi connectivity index (χ4n) is 5.81. The monoisotopic (exact) mass is 176 g/mol. The zero-order valence-electron chi connectivity index (χ0n) is 7.86. The summed E-state index contributed by atoms with van der Waals surface area (Å²) in [6, 6.07) is 0. The Labute approximate surface area is 78.8 Å². The molecule has 1 saturated heterocycles. The maximum atomic E-state index is 5.80. The molecule has 4 bridgehead atoms. The van der Waals surface area contributed by atoms with E-state index in [0.29, 0.717) is 0 Å². The second-order valence-corrected chi connectivity index (χ2v) is 6.12. The topological polar surface area (TPSA) is 12.5 Å². The van der Waals surface area contributed by atoms with Crippen LogP contribution in [0.4, 0.5) is 0 Å². The van der Waals surface area contributed by atoms with Gasteiger partial charge in [0.05, 0.1) is 12.2 Å². The van der Waals surface area contributed by atoms with Crippen LogP contribution in [0, 0.1) is 35.5 Å². The van der Waals surface area contributed by atoms with Gasteiger partial charge in [0.25, 0.3) is 0 Å². The number of epoxide rings is 1. The fourth-order valence-corrected chi connectivity index (χ4v) is 5.81. The van der Waals surface area contributed by atoms with Gasteiger partial charge in [-0.15, -0.1) is 0 Å². The molecule has 8 atom stereocenters. The highest BCUT2D eigenvalue weighted by atomic mass is 16.6. The van der Waals surface area contributed by atoms with Gasteiger partial charge < -0.3 is 4.74 Å². The maximum absolute atomic E-state index is 5.80. The third kappa shape index (κ3) is 0.538. The van der Waals surface area contributed by atoms with Crippen LogP contribution in [0.3, 0.4) is 0 Å². The summed E-state index contributed by atoms with van der Waals surface area (Å²) < 4.78 is 5.80. The molecule has 0 unspecified atom stereocenters. The average Bonchev–Trinajstić information content (AvgIpc) is 2.60. The van der Waals surface area contributed by atoms with E-state index >= 15 is 0 Å². The molecule has 1 aliphatic heterocycles. The minimum Gasteiger partial charge on any atom is -0.369 e. The predicted octanol–water partition coefficient (Wildman–Crippen LogP) is 2.07. The Kier molecular flexibility index (Phi) is 0.849. The van der Waals surface area contributed by atoms with E-state index in [-0.39, 0.29) is 0 Å². The van der Waals surface area contributed by atoms with Crippen LogP contribution in [-0.2, 0) is 4.74 Å². The summed E-state index contributed by atoms with van der Waals surface area (Å²) in [5, 5.41) is 0. The lowest BCUT2D eigenvalue weighted by molar-refractivity contribution is 0.165. The van der Waals surface area contributed by atoms with E-state index < -0.39 is 0 Å². The van der Waals surface area contributed by atoms with Crippen molar-refractivity contribution < 1.29 is 4.74 Å². The van der Waals surface area contributed by atoms with Crippen LogP contribution in [0.2, 0.25) is 0 Å². The normalized spacial score (nSPS) is 75.7. The molecule has 1 nitrogen and oxygen atoms in total. The van der Waals surface area contributed by atoms with E-state index in [9.17, 15) is 0 Å². The molecular formula is C12H16O. The third-order valence-corrected chi connectivity index (χ3v) is 5.99. The Balaban J connectivity index is 1.65. The van der Waals surface area contributed by atoms with Crippen LogP contribution < -0.4 is 0 Å². The van der Waals surface area contributed by atoms with Crippen LogP contribution in [0.15, 0.2) is 0 Å². The first kappa shape index (κ1) is 6.44. The molecule has 5 rings (SSSR count). The minimum atomic E-state index is 0.755. The number of hydrogen-bond acceptors (Lipinski definition) is 1. The van der Waals surface area contributed by atoms with Crippen molar-refractivity contribution in [3.63, 3.8) is 0 Å². The van der Waals surface area contributed by atoms with Crippen molar-refractivity contribution in [2.75, 3.05) is 0 Å². The highest BCUT2D eigenvalue weighted by Crippen LogP contribution is 2.71. The molecule has 0 N–H and O–H groups in total. The lowest BCUT2D eigenvalue weighted by Gasteiger charge is -2.32. The molecule has 1 heteroatoms. The summed E-state index contributed by atoms with van der Waals surface area (Å²) in [6.07, 6.45) is 7.79. The van der Waals surface area contributed by atoms with Gasteiger partial charge in [-0.2, -0.15) is 0 Å². The standard InChI is InChI=1S/C12H16O/c1-2-6-3-5(1)9-7-4-8(10(6)9)12-11(7)13-12/h5-12H,1-4H2/t5-,6+,7-,8+,9-,10+,11-,12+. The van der Waals surface area contributed by atoms with Gasteiger partial charge in [-0.25, -0.2) is 0 Å². The molecule has 0 aromatic carbocycles. The average molecular weight is 176 g/mol. The molecule has 1 heterocycles. The molecule has 0 spiro atoms. The first-order valence-electron chi connectivity index (χ1n) is 6.09. The zero-order valence-corrected chi connectivity index (χ0v) is 7.86. The molecule has 4 aliphatic carbocycles. The van der Waals surface area contributed by atoms with Crippen molar-refractivity contribution in [3.8, 4) is 0 Å². The largest absolute Gasteiger partial charge is 0.369 e. The summed E-state index contributed by atoms with van der Waals surface area (Å²) in [6.45, 7) is 0. The van der Waals surface area contributed by atoms with Gasteiger partial charge >= 0.3 is 0 Å². The van der Waals surface area contributed by atoms with Crippen molar-refractivity contribution in [1.82, 2.24) is 0 Å². The Morgan fingerprint density at radius 3 is 2.00 bits per heavy atom. The lowest BCUT2D eigenvalue weighted by Crippen LogP contribution is -2.32. The van der Waals surface area contributed by atoms with E-state index in [1.165, 1.54) is 0 Å². The SMILES string of the molecule is C1C[C@H]2C[C@@H]1[C@@H]1[C@H]3C[C@H]([C@@H]4O[C@H]34)[C@H]21. The molecule has 5 aliphatic rings. The van der Waals surface area contributed by atoms with E-state index in [1.54, 1.807) is 25.7 Å². The quantitative estimate of drug-likeness (QED) is 0.406. The smallest absolute Gasteiger partial charge is 0.0875 e. The molecule has 4 saturated carbocycles. The summed E-state index contributed by atoms with van der Waals surface area (Å²) in [4.78, 5) is 0. The fraction of sp³-hybridized carbons (Fsp3) is 1.00. The van der Waals surface area contributed by atoms with E-state index in [0.717, 1.165) is 47.7 Å². The van der Waals surface area contributed by atoms with E-state index in [1.807, 2.05) is 0 Å². The van der Waals surface area contributed by atoms with Gasteiger partial charge in [-0.3, -0.25) is 0 Å². The van der Waals surface area contributed by atoms with Crippen LogP contribution in [-0.4, -0.2) is 12.2 Å². The van der Waals surface area contributed by atoms with Crippen molar-refractivity contribution in [2.24, 2.45) is 35.5 Å². The molecule has 0 aromatic rings. The van der Waals surface area contributed by atoms with Gasteiger partial charge in [0.15, 0.2) is 0 Å². The van der Waals surface area contributed by atoms with Gasteiger partial charge in [0, 0.05) is 0 Å². The highest BCUT2D eigenvalue weighted by molar-refractivity contribution is 5.19. The summed E-state index contributed by atoms with van der Waals surface area (Å²) in [5.74, 6) is 6.58. The molecular weight excluding hydrogens is 160 g/mol. The van der Waals surface area contributed by atoms with Gasteiger partial charge in [-0.05, 0) is 61.2 Å². The Morgan fingerprint density at radius 1 is 0.769 bits per heavy atom. The first-order valence-corrected chi connectivity index (χ1v) is 6.09. The summed E-state index contributed by atoms with van der Waals surface area (Å²) in [5.41, 5.74) is 0. The van der Waals surface area contributed by atoms with Crippen LogP contribution >= 0.6 is 0 Å². The molecule has 0 aromatic heterocycles. The van der Waals surface area contributed by atoms with Crippen molar-refractivity contribution in [3.05, 3.63) is 0 Å². The Bertz CT molecular complexity index is 261. The summed E-state index contributed by atoms with van der Waals surface area (Å²) >= 11 is 0. The van der Waals surface area contributed by atoms with Crippen molar-refractivity contribution >= 4 is 0 Å². The predicted molar refractivity (Wildman–Crippen MR) is 48.1 cm³/mol. The van der Waals surface area contributed by atoms with Crippen molar-refractivity contribution in [1.29, 1.82) is 0 Å². The minimum absolute atomic E-state index is 0.755. The van der Waals surface area contributed by atoms with Gasteiger partial charge in [0.1, 0.15) is 0 Å². The van der Waals surface area contributed by atoms with E-state index in [2.05, 4.69) is 0 Å². The Morgan fingerprint density at radius 2 is 1.38 bits per heavy atom. The molecule has 70 valence electrons. The van der Waals surface area contributed by atoms with E-state index in [4.69, 9.17) is 4.74 Å². The lowest BCUT2D eigenvalue weighted by atomic mass is 9.71. The van der Waals surface area contributed by atoms with Gasteiger partial charge in [-0.1, -0.05) is 0 Å². The van der Waals surface area contributed by atoms with Crippen molar-refractivity contribution in [2.45, 2.75) is 37.9 Å². The Hall–Kier alpha value is -0.0400. The third-order valence-electron chi connectivity index (χ3n) is 5.99. The second kappa shape index (κ2) is 1.71. The van der Waals surface area contributed by atoms with Crippen LogP contribution in [0.1, 0.15) is 25.7 Å². The number of rotatable bonds is 0. The molecule has 5 fully saturated rings. The second-order valence-electron chi connectivity index (χ2n) is 6.12. The first-order chi connectivity index (χ1) is 6.43. The molecule has 0 radical (unpaired) electrons. The van der Waals surface area contributed by atoms with Crippen LogP contribution in [0.25, 0.3) is 0 Å². The summed E-state index contributed by atoms with van der Waals surface area (Å²) in [7, 11) is 0. The zero-order chi connectivity index (χ0) is 8.15. The van der Waals surface area contributed by atoms with Gasteiger partial charge in [0.2, 0.25) is 0 Å². The number of ether oxygens (including phenoxy) is 1. The number of fused-ring (bicyclic) bond motifs is 12. The maximum Gasteiger partial charge on any atom is 0.0875 e. The van der Waals surface area contributed by atoms with Crippen LogP contribution in [0.5, 0.6) is 0 Å². The molecule has 13 heavy (non-hydrogen) atoms.